The maximum atomic E-state index is 5.63. The third-order valence-corrected chi connectivity index (χ3v) is 3.75. The summed E-state index contributed by atoms with van der Waals surface area (Å²) in [5, 5.41) is 0. The van der Waals surface area contributed by atoms with Crippen LogP contribution in [0.25, 0.3) is 0 Å². The number of pyridine rings is 1. The van der Waals surface area contributed by atoms with Gasteiger partial charge in [-0.1, -0.05) is 18.3 Å². The predicted molar refractivity (Wildman–Crippen MR) is 83.7 cm³/mol. The normalized spacial score (nSPS) is 17.5. The van der Waals surface area contributed by atoms with Crippen molar-refractivity contribution in [2.24, 2.45) is 5.73 Å². The van der Waals surface area contributed by atoms with E-state index in [4.69, 9.17) is 18.0 Å². The number of aromatic nitrogens is 1. The monoisotopic (exact) mass is 278 g/mol. The quantitative estimate of drug-likeness (QED) is 0.833. The van der Waals surface area contributed by atoms with Gasteiger partial charge in [0, 0.05) is 31.7 Å². The highest BCUT2D eigenvalue weighted by molar-refractivity contribution is 7.80. The lowest BCUT2D eigenvalue weighted by Gasteiger charge is -2.42. The molecule has 0 amide bonds. The van der Waals surface area contributed by atoms with E-state index in [1.807, 2.05) is 18.2 Å². The molecule has 2 heterocycles. The number of anilines is 1. The molecular formula is C14H22N4S. The van der Waals surface area contributed by atoms with E-state index in [1.165, 1.54) is 0 Å². The lowest BCUT2D eigenvalue weighted by atomic mass is 10.1. The zero-order valence-corrected chi connectivity index (χ0v) is 12.7. The Balaban J connectivity index is 2.05. The Morgan fingerprint density at radius 2 is 1.84 bits per heavy atom. The van der Waals surface area contributed by atoms with Gasteiger partial charge in [-0.05, 0) is 32.9 Å². The average molecular weight is 278 g/mol. The van der Waals surface area contributed by atoms with Gasteiger partial charge < -0.3 is 10.6 Å². The fourth-order valence-electron chi connectivity index (χ4n) is 2.34. The van der Waals surface area contributed by atoms with Crippen LogP contribution in [0.1, 0.15) is 26.5 Å². The van der Waals surface area contributed by atoms with Gasteiger partial charge in [-0.3, -0.25) is 4.90 Å². The van der Waals surface area contributed by atoms with Crippen LogP contribution in [-0.2, 0) is 0 Å². The Morgan fingerprint density at radius 1 is 1.21 bits per heavy atom. The van der Waals surface area contributed by atoms with Gasteiger partial charge in [0.05, 0.1) is 5.69 Å². The average Bonchev–Trinajstić information content (AvgIpc) is 2.38. The van der Waals surface area contributed by atoms with E-state index < -0.39 is 0 Å². The molecule has 0 radical (unpaired) electrons. The molecule has 0 bridgehead atoms. The number of nitrogens with zero attached hydrogens (tertiary/aromatic N) is 3. The molecule has 2 rings (SSSR count). The predicted octanol–water partition coefficient (Wildman–Crippen LogP) is 1.64. The van der Waals surface area contributed by atoms with Crippen molar-refractivity contribution in [2.45, 2.75) is 26.3 Å². The van der Waals surface area contributed by atoms with Crippen molar-refractivity contribution >= 4 is 23.0 Å². The lowest BCUT2D eigenvalue weighted by molar-refractivity contribution is 0.128. The van der Waals surface area contributed by atoms with Crippen molar-refractivity contribution in [3.63, 3.8) is 0 Å². The first-order valence-corrected chi connectivity index (χ1v) is 7.05. The molecule has 1 aliphatic rings. The minimum Gasteiger partial charge on any atom is -0.388 e. The number of nitrogens with two attached hydrogens (primary N) is 1. The highest BCUT2D eigenvalue weighted by Gasteiger charge is 2.26. The molecule has 1 saturated heterocycles. The van der Waals surface area contributed by atoms with Gasteiger partial charge in [-0.25, -0.2) is 4.98 Å². The van der Waals surface area contributed by atoms with Crippen molar-refractivity contribution in [3.8, 4) is 0 Å². The second-order valence-electron chi connectivity index (χ2n) is 5.89. The highest BCUT2D eigenvalue weighted by Crippen LogP contribution is 2.19. The smallest absolute Gasteiger partial charge is 0.129 e. The van der Waals surface area contributed by atoms with Crippen LogP contribution in [0.3, 0.4) is 0 Å². The van der Waals surface area contributed by atoms with Crippen molar-refractivity contribution in [3.05, 3.63) is 23.9 Å². The van der Waals surface area contributed by atoms with Crippen LogP contribution in [0.4, 0.5) is 5.82 Å². The number of hydrogen-bond acceptors (Lipinski definition) is 4. The van der Waals surface area contributed by atoms with Gasteiger partial charge in [-0.15, -0.1) is 0 Å². The number of thiocarbonyl (C=S) groups is 1. The molecule has 5 heteroatoms. The van der Waals surface area contributed by atoms with Crippen molar-refractivity contribution in [1.82, 2.24) is 9.88 Å². The largest absolute Gasteiger partial charge is 0.388 e. The van der Waals surface area contributed by atoms with Crippen LogP contribution in [0.5, 0.6) is 0 Å². The SMILES string of the molecule is CC(C)(C)N1CCN(c2cccc(C(N)=S)n2)CC1. The summed E-state index contributed by atoms with van der Waals surface area (Å²) in [5.41, 5.74) is 6.57. The zero-order chi connectivity index (χ0) is 14.0. The maximum absolute atomic E-state index is 5.63. The molecule has 1 aliphatic heterocycles. The molecule has 104 valence electrons. The Kier molecular flexibility index (Phi) is 4.06. The summed E-state index contributed by atoms with van der Waals surface area (Å²) < 4.78 is 0. The van der Waals surface area contributed by atoms with Crippen LogP contribution < -0.4 is 10.6 Å². The first-order valence-electron chi connectivity index (χ1n) is 6.65. The molecule has 0 atom stereocenters. The zero-order valence-electron chi connectivity index (χ0n) is 11.9. The van der Waals surface area contributed by atoms with Gasteiger partial charge in [0.1, 0.15) is 10.8 Å². The first-order chi connectivity index (χ1) is 8.88. The minimum absolute atomic E-state index is 0.236. The van der Waals surface area contributed by atoms with Gasteiger partial charge in [-0.2, -0.15) is 0 Å². The van der Waals surface area contributed by atoms with Crippen molar-refractivity contribution in [1.29, 1.82) is 0 Å². The van der Waals surface area contributed by atoms with Crippen molar-refractivity contribution < 1.29 is 0 Å². The minimum atomic E-state index is 0.236. The maximum Gasteiger partial charge on any atom is 0.129 e. The third kappa shape index (κ3) is 3.42. The number of rotatable bonds is 2. The van der Waals surface area contributed by atoms with E-state index in [2.05, 4.69) is 35.6 Å². The van der Waals surface area contributed by atoms with Crippen LogP contribution in [-0.4, -0.2) is 46.6 Å². The molecule has 4 nitrogen and oxygen atoms in total. The molecule has 2 N–H and O–H groups in total. The Hall–Kier alpha value is -1.20. The summed E-state index contributed by atoms with van der Waals surface area (Å²) in [7, 11) is 0. The van der Waals surface area contributed by atoms with Gasteiger partial charge in [0.25, 0.3) is 0 Å². The van der Waals surface area contributed by atoms with E-state index in [1.54, 1.807) is 0 Å². The standard InChI is InChI=1S/C14H22N4S/c1-14(2,3)18-9-7-17(8-10-18)12-6-4-5-11(16-12)13(15)19/h4-6H,7-10H2,1-3H3,(H2,15,19). The molecule has 0 spiro atoms. The molecule has 0 saturated carbocycles. The molecule has 19 heavy (non-hydrogen) atoms. The van der Waals surface area contributed by atoms with Crippen LogP contribution >= 0.6 is 12.2 Å². The summed E-state index contributed by atoms with van der Waals surface area (Å²) >= 11 is 4.98. The van der Waals surface area contributed by atoms with Gasteiger partial charge >= 0.3 is 0 Å². The Bertz CT molecular complexity index is 459. The Labute approximate surface area is 120 Å². The van der Waals surface area contributed by atoms with E-state index in [0.29, 0.717) is 10.7 Å². The first kappa shape index (κ1) is 14.2. The van der Waals surface area contributed by atoms with E-state index in [9.17, 15) is 0 Å². The summed E-state index contributed by atoms with van der Waals surface area (Å²) in [6.07, 6.45) is 0. The van der Waals surface area contributed by atoms with E-state index >= 15 is 0 Å². The molecular weight excluding hydrogens is 256 g/mol. The molecule has 0 unspecified atom stereocenters. The molecule has 1 fully saturated rings. The van der Waals surface area contributed by atoms with E-state index in [-0.39, 0.29) is 5.54 Å². The topological polar surface area (TPSA) is 45.4 Å². The summed E-state index contributed by atoms with van der Waals surface area (Å²) in [5.74, 6) is 0.971. The second kappa shape index (κ2) is 5.43. The molecule has 0 aliphatic carbocycles. The Morgan fingerprint density at radius 3 is 2.37 bits per heavy atom. The summed E-state index contributed by atoms with van der Waals surface area (Å²) in [4.78, 5) is 9.68. The summed E-state index contributed by atoms with van der Waals surface area (Å²) in [6.45, 7) is 10.9. The molecule has 1 aromatic heterocycles. The van der Waals surface area contributed by atoms with E-state index in [0.717, 1.165) is 32.0 Å². The van der Waals surface area contributed by atoms with Crippen LogP contribution in [0, 0.1) is 0 Å². The van der Waals surface area contributed by atoms with Gasteiger partial charge in [0.15, 0.2) is 0 Å². The lowest BCUT2D eigenvalue weighted by Crippen LogP contribution is -2.53. The van der Waals surface area contributed by atoms with Crippen LogP contribution in [0.2, 0.25) is 0 Å². The second-order valence-corrected chi connectivity index (χ2v) is 6.33. The van der Waals surface area contributed by atoms with Crippen molar-refractivity contribution in [2.75, 3.05) is 31.1 Å². The number of hydrogen-bond donors (Lipinski definition) is 1. The van der Waals surface area contributed by atoms with Crippen LogP contribution in [0.15, 0.2) is 18.2 Å². The highest BCUT2D eigenvalue weighted by atomic mass is 32.1. The summed E-state index contributed by atoms with van der Waals surface area (Å²) in [6, 6.07) is 5.85. The third-order valence-electron chi connectivity index (χ3n) is 3.54. The number of piperazine rings is 1. The fourth-order valence-corrected chi connectivity index (χ4v) is 2.46. The fraction of sp³-hybridized carbons (Fsp3) is 0.571. The van der Waals surface area contributed by atoms with Gasteiger partial charge in [0.2, 0.25) is 0 Å². The molecule has 0 aromatic carbocycles. The molecule has 1 aromatic rings.